The van der Waals surface area contributed by atoms with Crippen LogP contribution in [0.5, 0.6) is 0 Å². The molecule has 2 rings (SSSR count). The second kappa shape index (κ2) is 4.42. The van der Waals surface area contributed by atoms with Gasteiger partial charge in [0.2, 0.25) is 0 Å². The molecule has 1 aromatic rings. The second-order valence-corrected chi connectivity index (χ2v) is 4.98. The van der Waals surface area contributed by atoms with E-state index in [4.69, 9.17) is 5.73 Å². The molecule has 0 heterocycles. The van der Waals surface area contributed by atoms with Gasteiger partial charge in [-0.05, 0) is 25.5 Å². The number of hydrogen-bond donors (Lipinski definition) is 2. The van der Waals surface area contributed by atoms with E-state index >= 15 is 0 Å². The number of hydrogen-bond acceptors (Lipinski definition) is 3. The molecule has 0 radical (unpaired) electrons. The highest BCUT2D eigenvalue weighted by molar-refractivity contribution is 5.80. The van der Waals surface area contributed by atoms with Crippen LogP contribution < -0.4 is 5.73 Å². The minimum absolute atomic E-state index is 0.558. The van der Waals surface area contributed by atoms with E-state index in [1.807, 2.05) is 43.3 Å². The Bertz CT molecular complexity index is 515. The van der Waals surface area contributed by atoms with Gasteiger partial charge in [-0.3, -0.25) is 4.99 Å². The molecule has 2 atom stereocenters. The molecule has 3 nitrogen and oxygen atoms in total. The van der Waals surface area contributed by atoms with Crippen LogP contribution in [0.4, 0.5) is 0 Å². The molecule has 1 aromatic carbocycles. The molecule has 1 aliphatic carbocycles. The highest BCUT2D eigenvalue weighted by atomic mass is 16.3. The van der Waals surface area contributed by atoms with Gasteiger partial charge < -0.3 is 10.8 Å². The first-order valence-corrected chi connectivity index (χ1v) is 5.93. The monoisotopic (exact) mass is 242 g/mol. The fraction of sp³-hybridized carbons (Fsp3) is 0.267. The zero-order chi connectivity index (χ0) is 13.2. The largest absolute Gasteiger partial charge is 0.400 e. The van der Waals surface area contributed by atoms with E-state index in [9.17, 15) is 5.11 Å². The third-order valence-corrected chi connectivity index (χ3v) is 3.06. The van der Waals surface area contributed by atoms with Crippen molar-refractivity contribution in [3.63, 3.8) is 0 Å². The van der Waals surface area contributed by atoms with Crippen LogP contribution in [0.2, 0.25) is 0 Å². The standard InChI is InChI=1S/C15H18N2O/c1-14(18)8-9-15(2,13(16)10-14)17-11-12-6-4-3-5-7-12/h3-11,18H,16H2,1-2H3. The van der Waals surface area contributed by atoms with Crippen molar-refractivity contribution < 1.29 is 5.11 Å². The summed E-state index contributed by atoms with van der Waals surface area (Å²) in [6.45, 7) is 3.61. The average Bonchev–Trinajstić information content (AvgIpc) is 2.33. The Hall–Kier alpha value is -1.87. The summed E-state index contributed by atoms with van der Waals surface area (Å²) in [6.07, 6.45) is 6.98. The van der Waals surface area contributed by atoms with Crippen molar-refractivity contribution in [3.8, 4) is 0 Å². The van der Waals surface area contributed by atoms with Crippen LogP contribution in [0.15, 0.2) is 59.2 Å². The molecular formula is C15H18N2O. The summed E-state index contributed by atoms with van der Waals surface area (Å²) in [4.78, 5) is 4.52. The Labute approximate surface area is 107 Å². The molecule has 3 N–H and O–H groups in total. The van der Waals surface area contributed by atoms with E-state index in [1.54, 1.807) is 25.3 Å². The lowest BCUT2D eigenvalue weighted by atomic mass is 9.87. The van der Waals surface area contributed by atoms with Gasteiger partial charge in [0.1, 0.15) is 11.1 Å². The van der Waals surface area contributed by atoms with Crippen molar-refractivity contribution in [1.82, 2.24) is 0 Å². The van der Waals surface area contributed by atoms with Crippen LogP contribution in [0, 0.1) is 0 Å². The van der Waals surface area contributed by atoms with Crippen molar-refractivity contribution in [2.24, 2.45) is 10.7 Å². The third-order valence-electron chi connectivity index (χ3n) is 3.06. The lowest BCUT2D eigenvalue weighted by Gasteiger charge is -2.30. The van der Waals surface area contributed by atoms with Gasteiger partial charge in [-0.1, -0.05) is 42.5 Å². The summed E-state index contributed by atoms with van der Waals surface area (Å²) in [7, 11) is 0. The Morgan fingerprint density at radius 3 is 2.44 bits per heavy atom. The molecule has 0 saturated heterocycles. The number of nitrogens with two attached hydrogens (primary N) is 1. The van der Waals surface area contributed by atoms with Gasteiger partial charge in [-0.15, -0.1) is 0 Å². The number of rotatable bonds is 2. The van der Waals surface area contributed by atoms with Crippen molar-refractivity contribution in [1.29, 1.82) is 0 Å². The second-order valence-electron chi connectivity index (χ2n) is 4.98. The van der Waals surface area contributed by atoms with Gasteiger partial charge in [0, 0.05) is 11.9 Å². The minimum atomic E-state index is -0.980. The van der Waals surface area contributed by atoms with Crippen molar-refractivity contribution in [2.75, 3.05) is 0 Å². The molecule has 18 heavy (non-hydrogen) atoms. The van der Waals surface area contributed by atoms with Crippen LogP contribution >= 0.6 is 0 Å². The normalized spacial score (nSPS) is 31.6. The minimum Gasteiger partial charge on any atom is -0.400 e. The maximum atomic E-state index is 9.87. The molecule has 3 heteroatoms. The number of nitrogens with zero attached hydrogens (tertiary/aromatic N) is 1. The topological polar surface area (TPSA) is 58.6 Å². The van der Waals surface area contributed by atoms with Gasteiger partial charge in [0.05, 0.1) is 0 Å². The van der Waals surface area contributed by atoms with E-state index < -0.39 is 11.1 Å². The first kappa shape index (κ1) is 12.6. The van der Waals surface area contributed by atoms with Gasteiger partial charge in [-0.2, -0.15) is 0 Å². The highest BCUT2D eigenvalue weighted by Crippen LogP contribution is 2.28. The molecule has 0 aliphatic heterocycles. The molecule has 1 aliphatic rings. The summed E-state index contributed by atoms with van der Waals surface area (Å²) in [5.74, 6) is 0. The van der Waals surface area contributed by atoms with Gasteiger partial charge in [0.15, 0.2) is 0 Å². The number of benzene rings is 1. The van der Waals surface area contributed by atoms with Crippen LogP contribution in [0.25, 0.3) is 0 Å². The fourth-order valence-electron chi connectivity index (χ4n) is 1.80. The Morgan fingerprint density at radius 1 is 1.17 bits per heavy atom. The van der Waals surface area contributed by atoms with Crippen molar-refractivity contribution in [2.45, 2.75) is 25.0 Å². The zero-order valence-corrected chi connectivity index (χ0v) is 10.7. The molecule has 0 amide bonds. The van der Waals surface area contributed by atoms with Gasteiger partial charge >= 0.3 is 0 Å². The molecular weight excluding hydrogens is 224 g/mol. The maximum absolute atomic E-state index is 9.87. The summed E-state index contributed by atoms with van der Waals surface area (Å²) in [5, 5.41) is 9.87. The molecule has 0 fully saturated rings. The fourth-order valence-corrected chi connectivity index (χ4v) is 1.80. The summed E-state index contributed by atoms with van der Waals surface area (Å²) in [6, 6.07) is 9.85. The van der Waals surface area contributed by atoms with Gasteiger partial charge in [-0.25, -0.2) is 0 Å². The van der Waals surface area contributed by atoms with E-state index in [-0.39, 0.29) is 0 Å². The Kier molecular flexibility index (Phi) is 3.09. The van der Waals surface area contributed by atoms with E-state index in [0.29, 0.717) is 5.70 Å². The van der Waals surface area contributed by atoms with E-state index in [1.165, 1.54) is 0 Å². The van der Waals surface area contributed by atoms with Crippen LogP contribution in [-0.2, 0) is 0 Å². The summed E-state index contributed by atoms with van der Waals surface area (Å²) in [5.41, 5.74) is 6.01. The van der Waals surface area contributed by atoms with Crippen LogP contribution in [-0.4, -0.2) is 22.5 Å². The van der Waals surface area contributed by atoms with Crippen molar-refractivity contribution >= 4 is 6.21 Å². The first-order chi connectivity index (χ1) is 8.41. The Morgan fingerprint density at radius 2 is 1.83 bits per heavy atom. The quantitative estimate of drug-likeness (QED) is 0.616. The average molecular weight is 242 g/mol. The third kappa shape index (κ3) is 2.68. The highest BCUT2D eigenvalue weighted by Gasteiger charge is 2.30. The van der Waals surface area contributed by atoms with Crippen LogP contribution in [0.1, 0.15) is 19.4 Å². The molecule has 0 saturated carbocycles. The predicted molar refractivity (Wildman–Crippen MR) is 74.5 cm³/mol. The smallest absolute Gasteiger partial charge is 0.115 e. The lowest BCUT2D eigenvalue weighted by Crippen LogP contribution is -2.36. The van der Waals surface area contributed by atoms with Crippen LogP contribution in [0.3, 0.4) is 0 Å². The molecule has 0 aromatic heterocycles. The van der Waals surface area contributed by atoms with E-state index in [0.717, 1.165) is 5.56 Å². The predicted octanol–water partition coefficient (Wildman–Crippen LogP) is 2.03. The Balaban J connectivity index is 2.24. The molecule has 0 spiro atoms. The zero-order valence-electron chi connectivity index (χ0n) is 10.7. The molecule has 94 valence electrons. The first-order valence-electron chi connectivity index (χ1n) is 5.93. The summed E-state index contributed by atoms with van der Waals surface area (Å²) < 4.78 is 0. The number of aliphatic hydroxyl groups is 1. The number of aliphatic imine (C=N–C) groups is 1. The lowest BCUT2D eigenvalue weighted by molar-refractivity contribution is 0.158. The maximum Gasteiger partial charge on any atom is 0.115 e. The van der Waals surface area contributed by atoms with Gasteiger partial charge in [0.25, 0.3) is 0 Å². The van der Waals surface area contributed by atoms with Crippen molar-refractivity contribution in [3.05, 3.63) is 59.8 Å². The molecule has 0 bridgehead atoms. The SMILES string of the molecule is CC1(O)C=CC(C)(N=Cc2ccccc2)C(N)=C1. The van der Waals surface area contributed by atoms with E-state index in [2.05, 4.69) is 4.99 Å². The molecule has 2 unspecified atom stereocenters. The summed E-state index contributed by atoms with van der Waals surface area (Å²) >= 11 is 0.